The maximum atomic E-state index is 13.5. The summed E-state index contributed by atoms with van der Waals surface area (Å²) in [5, 5.41) is 15.1. The van der Waals surface area contributed by atoms with Gasteiger partial charge in [-0.2, -0.15) is 5.10 Å². The minimum atomic E-state index is -0.772. The lowest BCUT2D eigenvalue weighted by Crippen LogP contribution is -2.17. The number of pyridine rings is 1. The van der Waals surface area contributed by atoms with Crippen molar-refractivity contribution in [3.63, 3.8) is 0 Å². The van der Waals surface area contributed by atoms with Crippen molar-refractivity contribution in [2.75, 3.05) is 6.61 Å². The Labute approximate surface area is 222 Å². The molecule has 1 atom stereocenters. The normalized spacial score (nSPS) is 12.2. The van der Waals surface area contributed by atoms with Crippen LogP contribution in [0.4, 0.5) is 0 Å². The maximum Gasteiger partial charge on any atom is 0.271 e. The predicted octanol–water partition coefficient (Wildman–Crippen LogP) is 4.71. The van der Waals surface area contributed by atoms with Gasteiger partial charge in [-0.05, 0) is 68.8 Å². The number of benzene rings is 2. The molecule has 0 unspecified atom stereocenters. The van der Waals surface area contributed by atoms with Crippen LogP contribution in [0.2, 0.25) is 5.15 Å². The molecule has 10 heteroatoms. The predicted molar refractivity (Wildman–Crippen MR) is 145 cm³/mol. The first-order valence-corrected chi connectivity index (χ1v) is 12.3. The van der Waals surface area contributed by atoms with Crippen LogP contribution in [0.5, 0.6) is 5.75 Å². The van der Waals surface area contributed by atoms with Crippen molar-refractivity contribution in [2.45, 2.75) is 33.4 Å². The van der Waals surface area contributed by atoms with Crippen molar-refractivity contribution in [1.82, 2.24) is 14.8 Å². The third-order valence-corrected chi connectivity index (χ3v) is 6.54. The molecule has 5 rings (SSSR count). The summed E-state index contributed by atoms with van der Waals surface area (Å²) in [6.07, 6.45) is 1.21. The summed E-state index contributed by atoms with van der Waals surface area (Å²) >= 11 is 5.93. The van der Waals surface area contributed by atoms with Gasteiger partial charge in [-0.25, -0.2) is 4.98 Å². The van der Waals surface area contributed by atoms with Gasteiger partial charge in [0.2, 0.25) is 0 Å². The molecule has 0 spiro atoms. The molecule has 194 valence electrons. The molecular formula is C28H25ClN4O5. The van der Waals surface area contributed by atoms with Crippen molar-refractivity contribution in [1.29, 1.82) is 0 Å². The summed E-state index contributed by atoms with van der Waals surface area (Å²) in [4.78, 5) is 29.4. The van der Waals surface area contributed by atoms with E-state index in [2.05, 4.69) is 10.1 Å². The van der Waals surface area contributed by atoms with Crippen LogP contribution in [-0.4, -0.2) is 32.4 Å². The Bertz CT molecular complexity index is 1780. The van der Waals surface area contributed by atoms with Crippen molar-refractivity contribution in [2.24, 2.45) is 5.73 Å². The Kier molecular flexibility index (Phi) is 6.64. The smallest absolute Gasteiger partial charge is 0.271 e. The number of rotatable bonds is 7. The van der Waals surface area contributed by atoms with Gasteiger partial charge in [0.05, 0.1) is 24.1 Å². The van der Waals surface area contributed by atoms with E-state index in [1.165, 1.54) is 12.1 Å². The summed E-state index contributed by atoms with van der Waals surface area (Å²) in [7, 11) is 0. The fourth-order valence-electron chi connectivity index (χ4n) is 4.53. The summed E-state index contributed by atoms with van der Waals surface area (Å²) in [5.74, 6) is -0.169. The number of hydrogen-bond donors (Lipinski definition) is 2. The van der Waals surface area contributed by atoms with Crippen LogP contribution >= 0.6 is 11.6 Å². The lowest BCUT2D eigenvalue weighted by atomic mass is 9.99. The second-order valence-electron chi connectivity index (χ2n) is 9.11. The van der Waals surface area contributed by atoms with Gasteiger partial charge < -0.3 is 20.0 Å². The number of ether oxygens (including phenoxy) is 1. The minimum Gasteiger partial charge on any atom is -0.483 e. The number of carbonyl (C=O) groups excluding carboxylic acids is 1. The van der Waals surface area contributed by atoms with E-state index in [0.29, 0.717) is 34.4 Å². The van der Waals surface area contributed by atoms with Gasteiger partial charge in [0.1, 0.15) is 22.6 Å². The number of aliphatic hydroxyl groups is 1. The average molecular weight is 533 g/mol. The highest BCUT2D eigenvalue weighted by Gasteiger charge is 2.22. The summed E-state index contributed by atoms with van der Waals surface area (Å²) in [6, 6.07) is 12.3. The monoisotopic (exact) mass is 532 g/mol. The number of fused-ring (bicyclic) bond motifs is 2. The van der Waals surface area contributed by atoms with E-state index in [1.54, 1.807) is 24.6 Å². The molecule has 0 saturated carbocycles. The van der Waals surface area contributed by atoms with E-state index < -0.39 is 12.0 Å². The van der Waals surface area contributed by atoms with E-state index in [4.69, 9.17) is 26.5 Å². The van der Waals surface area contributed by atoms with Crippen LogP contribution in [-0.2, 0) is 6.54 Å². The van der Waals surface area contributed by atoms with Gasteiger partial charge in [-0.15, -0.1) is 0 Å². The van der Waals surface area contributed by atoms with Crippen LogP contribution in [0.3, 0.4) is 0 Å². The molecule has 5 aromatic rings. The standard InChI is InChI=1S/C28H25ClN4O5/c1-14-10-19(16(3)37-22-6-7-23(29)31-24(22)28(30)36)27-20(11-14)25(35)15(2)26(38-27)17-4-5-21-18(12-17)13-33(32-21)8-9-34/h4-7,10-13,16,34H,8-9H2,1-3H3,(H2,30,36)/t16-/m1/s1. The number of nitrogens with two attached hydrogens (primary N) is 1. The van der Waals surface area contributed by atoms with Crippen LogP contribution in [0.25, 0.3) is 33.2 Å². The average Bonchev–Trinajstić information content (AvgIpc) is 3.28. The van der Waals surface area contributed by atoms with E-state index in [0.717, 1.165) is 22.0 Å². The van der Waals surface area contributed by atoms with Gasteiger partial charge in [0.15, 0.2) is 16.9 Å². The van der Waals surface area contributed by atoms with Crippen LogP contribution in [0.1, 0.15) is 40.2 Å². The Morgan fingerprint density at radius 1 is 1.21 bits per heavy atom. The molecule has 2 aromatic carbocycles. The number of aromatic nitrogens is 3. The number of carbonyl (C=O) groups is 1. The number of halogens is 1. The summed E-state index contributed by atoms with van der Waals surface area (Å²) < 4.78 is 14.2. The van der Waals surface area contributed by atoms with Gasteiger partial charge in [-0.3, -0.25) is 14.3 Å². The Hall–Kier alpha value is -4.21. The van der Waals surface area contributed by atoms with Gasteiger partial charge in [-0.1, -0.05) is 11.6 Å². The lowest BCUT2D eigenvalue weighted by Gasteiger charge is -2.19. The number of aryl methyl sites for hydroxylation is 1. The van der Waals surface area contributed by atoms with Crippen molar-refractivity contribution >= 4 is 39.4 Å². The lowest BCUT2D eigenvalue weighted by molar-refractivity contribution is 0.0988. The van der Waals surface area contributed by atoms with Gasteiger partial charge >= 0.3 is 0 Å². The molecular weight excluding hydrogens is 508 g/mol. The van der Waals surface area contributed by atoms with E-state index in [-0.39, 0.29) is 28.6 Å². The van der Waals surface area contributed by atoms with Gasteiger partial charge in [0, 0.05) is 28.3 Å². The molecule has 0 fully saturated rings. The molecule has 0 aliphatic heterocycles. The fraction of sp³-hybridized carbons (Fsp3) is 0.214. The third-order valence-electron chi connectivity index (χ3n) is 6.33. The topological polar surface area (TPSA) is 133 Å². The number of hydrogen-bond acceptors (Lipinski definition) is 7. The van der Waals surface area contributed by atoms with Crippen LogP contribution in [0.15, 0.2) is 57.9 Å². The first-order valence-electron chi connectivity index (χ1n) is 12.0. The third kappa shape index (κ3) is 4.62. The van der Waals surface area contributed by atoms with E-state index in [1.807, 2.05) is 37.4 Å². The molecule has 0 radical (unpaired) electrons. The van der Waals surface area contributed by atoms with E-state index >= 15 is 0 Å². The van der Waals surface area contributed by atoms with Crippen molar-refractivity contribution < 1.29 is 19.1 Å². The molecule has 3 N–H and O–H groups in total. The van der Waals surface area contributed by atoms with Crippen LogP contribution in [0, 0.1) is 13.8 Å². The number of amides is 1. The van der Waals surface area contributed by atoms with Crippen LogP contribution < -0.4 is 15.9 Å². The summed E-state index contributed by atoms with van der Waals surface area (Å²) in [6.45, 7) is 5.77. The largest absolute Gasteiger partial charge is 0.483 e. The van der Waals surface area contributed by atoms with Crippen molar-refractivity contribution in [3.05, 3.63) is 86.4 Å². The maximum absolute atomic E-state index is 13.5. The zero-order chi connectivity index (χ0) is 27.1. The highest BCUT2D eigenvalue weighted by Crippen LogP contribution is 2.34. The second-order valence-corrected chi connectivity index (χ2v) is 9.50. The number of primary amides is 1. The van der Waals surface area contributed by atoms with Crippen molar-refractivity contribution in [3.8, 4) is 17.1 Å². The molecule has 0 saturated heterocycles. The molecule has 3 aromatic heterocycles. The van der Waals surface area contributed by atoms with E-state index in [9.17, 15) is 14.7 Å². The number of aliphatic hydroxyl groups excluding tert-OH is 1. The second kappa shape index (κ2) is 9.92. The molecule has 38 heavy (non-hydrogen) atoms. The Morgan fingerprint density at radius 2 is 2.00 bits per heavy atom. The number of nitrogens with zero attached hydrogens (tertiary/aromatic N) is 3. The highest BCUT2D eigenvalue weighted by atomic mass is 35.5. The SMILES string of the molecule is Cc1cc([C@@H](C)Oc2ccc(Cl)nc2C(N)=O)c2oc(-c3ccc4nn(CCO)cc4c3)c(C)c(=O)c2c1. The first kappa shape index (κ1) is 25.4. The highest BCUT2D eigenvalue weighted by molar-refractivity contribution is 6.29. The molecule has 0 aliphatic rings. The van der Waals surface area contributed by atoms with Gasteiger partial charge in [0.25, 0.3) is 5.91 Å². The zero-order valence-electron chi connectivity index (χ0n) is 21.0. The minimum absolute atomic E-state index is 0.0189. The summed E-state index contributed by atoms with van der Waals surface area (Å²) in [5.41, 5.74) is 9.05. The Balaban J connectivity index is 1.64. The fourth-order valence-corrected chi connectivity index (χ4v) is 4.68. The molecule has 9 nitrogen and oxygen atoms in total. The quantitative estimate of drug-likeness (QED) is 0.290. The zero-order valence-corrected chi connectivity index (χ0v) is 21.7. The molecule has 0 aliphatic carbocycles. The molecule has 1 amide bonds. The molecule has 0 bridgehead atoms. The first-order chi connectivity index (χ1) is 18.2. The Morgan fingerprint density at radius 3 is 2.74 bits per heavy atom. The molecule has 3 heterocycles.